The van der Waals surface area contributed by atoms with Gasteiger partial charge in [0.1, 0.15) is 12.3 Å². The lowest BCUT2D eigenvalue weighted by atomic mass is 10.1. The van der Waals surface area contributed by atoms with Crippen molar-refractivity contribution in [2.45, 2.75) is 12.8 Å². The van der Waals surface area contributed by atoms with Crippen LogP contribution in [-0.2, 0) is 9.59 Å². The van der Waals surface area contributed by atoms with Crippen LogP contribution in [-0.4, -0.2) is 46.0 Å². The Balaban J connectivity index is 1.53. The number of ether oxygens (including phenoxy) is 1. The number of carbonyl (C=O) groups is 5. The number of ketones is 1. The quantitative estimate of drug-likeness (QED) is 0.194. The molecule has 1 aliphatic heterocycles. The minimum Gasteiger partial charge on any atom is -0.423 e. The van der Waals surface area contributed by atoms with Gasteiger partial charge in [0.2, 0.25) is 11.8 Å². The SMILES string of the molecule is O=C(CN(C(=O)c1ccc(Cl)c(Cl)c1)N1C(=O)CCC1=O)c1ccc(OC(=O)c2ccccc2)cc1. The monoisotopic (exact) mass is 524 g/mol. The van der Waals surface area contributed by atoms with Crippen molar-refractivity contribution >= 4 is 52.7 Å². The molecule has 0 N–H and O–H groups in total. The lowest BCUT2D eigenvalue weighted by molar-refractivity contribution is -0.152. The summed E-state index contributed by atoms with van der Waals surface area (Å²) in [5.41, 5.74) is 0.600. The first kappa shape index (κ1) is 25.1. The number of halogens is 2. The molecule has 1 heterocycles. The van der Waals surface area contributed by atoms with Gasteiger partial charge < -0.3 is 4.74 Å². The summed E-state index contributed by atoms with van der Waals surface area (Å²) in [7, 11) is 0. The van der Waals surface area contributed by atoms with Crippen molar-refractivity contribution in [2.75, 3.05) is 6.54 Å². The molecule has 1 fully saturated rings. The Labute approximate surface area is 215 Å². The first-order chi connectivity index (χ1) is 17.2. The Morgan fingerprint density at radius 3 is 2.00 bits per heavy atom. The molecular formula is C26H18Cl2N2O6. The van der Waals surface area contributed by atoms with Gasteiger partial charge in [-0.15, -0.1) is 0 Å². The Bertz CT molecular complexity index is 1340. The molecular weight excluding hydrogens is 507 g/mol. The van der Waals surface area contributed by atoms with Gasteiger partial charge in [0.15, 0.2) is 5.78 Å². The molecule has 1 aliphatic rings. The average Bonchev–Trinajstić information content (AvgIpc) is 3.22. The van der Waals surface area contributed by atoms with E-state index in [1.807, 2.05) is 0 Å². The maximum absolute atomic E-state index is 13.2. The zero-order chi connectivity index (χ0) is 25.8. The summed E-state index contributed by atoms with van der Waals surface area (Å²) < 4.78 is 5.31. The number of rotatable bonds is 7. The molecule has 0 bridgehead atoms. The van der Waals surface area contributed by atoms with Crippen molar-refractivity contribution in [3.63, 3.8) is 0 Å². The van der Waals surface area contributed by atoms with Crippen LogP contribution in [0.4, 0.5) is 0 Å². The first-order valence-electron chi connectivity index (χ1n) is 10.8. The van der Waals surface area contributed by atoms with Crippen molar-refractivity contribution < 1.29 is 28.7 Å². The molecule has 0 unspecified atom stereocenters. The average molecular weight is 525 g/mol. The standard InChI is InChI=1S/C26H18Cl2N2O6/c27-20-11-8-18(14-21(20)28)25(34)29(30-23(32)12-13-24(30)33)15-22(31)16-6-9-19(10-7-16)36-26(35)17-4-2-1-3-5-17/h1-11,14H,12-13,15H2. The molecule has 0 saturated carbocycles. The summed E-state index contributed by atoms with van der Waals surface area (Å²) in [6.07, 6.45) is -0.140. The van der Waals surface area contributed by atoms with Crippen LogP contribution >= 0.6 is 23.2 Å². The maximum Gasteiger partial charge on any atom is 0.343 e. The number of esters is 1. The van der Waals surface area contributed by atoms with E-state index >= 15 is 0 Å². The van der Waals surface area contributed by atoms with Crippen molar-refractivity contribution in [1.82, 2.24) is 10.0 Å². The highest BCUT2D eigenvalue weighted by Crippen LogP contribution is 2.25. The van der Waals surface area contributed by atoms with Gasteiger partial charge in [-0.1, -0.05) is 41.4 Å². The Morgan fingerprint density at radius 1 is 0.778 bits per heavy atom. The van der Waals surface area contributed by atoms with Crippen molar-refractivity contribution in [3.8, 4) is 5.75 Å². The summed E-state index contributed by atoms with van der Waals surface area (Å²) in [6, 6.07) is 18.2. The molecule has 4 rings (SSSR count). The van der Waals surface area contributed by atoms with Gasteiger partial charge in [-0.3, -0.25) is 19.2 Å². The first-order valence-corrected chi connectivity index (χ1v) is 11.5. The molecule has 0 radical (unpaired) electrons. The van der Waals surface area contributed by atoms with Gasteiger partial charge in [-0.05, 0) is 54.6 Å². The molecule has 36 heavy (non-hydrogen) atoms. The highest BCUT2D eigenvalue weighted by atomic mass is 35.5. The van der Waals surface area contributed by atoms with E-state index in [4.69, 9.17) is 27.9 Å². The predicted octanol–water partition coefficient (Wildman–Crippen LogP) is 4.60. The van der Waals surface area contributed by atoms with Crippen LogP contribution in [0.25, 0.3) is 0 Å². The normalized spacial score (nSPS) is 13.0. The highest BCUT2D eigenvalue weighted by molar-refractivity contribution is 6.42. The lowest BCUT2D eigenvalue weighted by Gasteiger charge is -2.29. The number of Topliss-reactive ketones (excluding diaryl/α,β-unsaturated/α-hetero) is 1. The third-order valence-electron chi connectivity index (χ3n) is 5.36. The van der Waals surface area contributed by atoms with E-state index in [-0.39, 0.29) is 39.8 Å². The van der Waals surface area contributed by atoms with E-state index in [1.54, 1.807) is 30.3 Å². The van der Waals surface area contributed by atoms with Gasteiger partial charge in [0, 0.05) is 24.0 Å². The number of amides is 3. The van der Waals surface area contributed by atoms with Gasteiger partial charge in [-0.25, -0.2) is 9.80 Å². The summed E-state index contributed by atoms with van der Waals surface area (Å²) in [6.45, 7) is -0.584. The Hall–Kier alpha value is -4.01. The maximum atomic E-state index is 13.2. The molecule has 8 nitrogen and oxygen atoms in total. The minimum absolute atomic E-state index is 0.0490. The number of carbonyl (C=O) groups excluding carboxylic acids is 5. The number of nitrogens with zero attached hydrogens (tertiary/aromatic N) is 2. The second kappa shape index (κ2) is 10.7. The topological polar surface area (TPSA) is 101 Å². The largest absolute Gasteiger partial charge is 0.423 e. The van der Waals surface area contributed by atoms with E-state index in [0.717, 1.165) is 5.01 Å². The summed E-state index contributed by atoms with van der Waals surface area (Å²) >= 11 is 11.9. The van der Waals surface area contributed by atoms with Crippen LogP contribution in [0.3, 0.4) is 0 Å². The van der Waals surface area contributed by atoms with E-state index < -0.39 is 36.0 Å². The summed E-state index contributed by atoms with van der Waals surface area (Å²) in [5.74, 6) is -2.84. The zero-order valence-corrected chi connectivity index (χ0v) is 20.2. The second-order valence-corrected chi connectivity index (χ2v) is 8.61. The molecule has 0 atom stereocenters. The predicted molar refractivity (Wildman–Crippen MR) is 131 cm³/mol. The fourth-order valence-electron chi connectivity index (χ4n) is 3.52. The van der Waals surface area contributed by atoms with Crippen LogP contribution in [0.15, 0.2) is 72.8 Å². The number of hydrogen-bond donors (Lipinski definition) is 0. The van der Waals surface area contributed by atoms with E-state index in [0.29, 0.717) is 10.6 Å². The molecule has 10 heteroatoms. The lowest BCUT2D eigenvalue weighted by Crippen LogP contribution is -2.51. The molecule has 0 aliphatic carbocycles. The Kier molecular flexibility index (Phi) is 7.47. The zero-order valence-electron chi connectivity index (χ0n) is 18.6. The molecule has 3 amide bonds. The fraction of sp³-hybridized carbons (Fsp3) is 0.115. The van der Waals surface area contributed by atoms with Crippen molar-refractivity contribution in [1.29, 1.82) is 0 Å². The molecule has 3 aromatic carbocycles. The van der Waals surface area contributed by atoms with Crippen LogP contribution in [0.5, 0.6) is 5.75 Å². The molecule has 0 aromatic heterocycles. The highest BCUT2D eigenvalue weighted by Gasteiger charge is 2.38. The summed E-state index contributed by atoms with van der Waals surface area (Å²) in [5, 5.41) is 1.83. The number of hydrogen-bond acceptors (Lipinski definition) is 6. The van der Waals surface area contributed by atoms with Crippen LogP contribution < -0.4 is 4.74 Å². The number of hydrazine groups is 1. The van der Waals surface area contributed by atoms with Crippen molar-refractivity contribution in [2.24, 2.45) is 0 Å². The smallest absolute Gasteiger partial charge is 0.343 e. The van der Waals surface area contributed by atoms with Gasteiger partial charge in [-0.2, -0.15) is 5.01 Å². The third-order valence-corrected chi connectivity index (χ3v) is 6.10. The Morgan fingerprint density at radius 2 is 1.39 bits per heavy atom. The molecule has 0 spiro atoms. The van der Waals surface area contributed by atoms with Gasteiger partial charge in [0.05, 0.1) is 15.6 Å². The van der Waals surface area contributed by atoms with E-state index in [1.165, 1.54) is 42.5 Å². The van der Waals surface area contributed by atoms with Crippen LogP contribution in [0.1, 0.15) is 43.9 Å². The van der Waals surface area contributed by atoms with Crippen molar-refractivity contribution in [3.05, 3.63) is 99.5 Å². The van der Waals surface area contributed by atoms with Crippen LogP contribution in [0, 0.1) is 0 Å². The molecule has 182 valence electrons. The summed E-state index contributed by atoms with van der Waals surface area (Å²) in [4.78, 5) is 63.2. The molecule has 3 aromatic rings. The number of imide groups is 1. The fourth-order valence-corrected chi connectivity index (χ4v) is 3.82. The third kappa shape index (κ3) is 5.45. The number of benzene rings is 3. The van der Waals surface area contributed by atoms with Gasteiger partial charge in [0.25, 0.3) is 5.91 Å². The second-order valence-electron chi connectivity index (χ2n) is 7.79. The molecule has 1 saturated heterocycles. The van der Waals surface area contributed by atoms with Crippen LogP contribution in [0.2, 0.25) is 10.0 Å². The van der Waals surface area contributed by atoms with Gasteiger partial charge >= 0.3 is 5.97 Å². The minimum atomic E-state index is -0.765. The van der Waals surface area contributed by atoms with E-state index in [9.17, 15) is 24.0 Å². The van der Waals surface area contributed by atoms with E-state index in [2.05, 4.69) is 0 Å².